The lowest BCUT2D eigenvalue weighted by Gasteiger charge is -2.46. The Labute approximate surface area is 161 Å². The van der Waals surface area contributed by atoms with Gasteiger partial charge in [0.1, 0.15) is 10.7 Å². The molecule has 5 heteroatoms. The third kappa shape index (κ3) is 2.67. The maximum absolute atomic E-state index is 10.1. The van der Waals surface area contributed by atoms with E-state index in [2.05, 4.69) is 37.4 Å². The first kappa shape index (κ1) is 17.9. The van der Waals surface area contributed by atoms with Crippen molar-refractivity contribution in [3.05, 3.63) is 29.3 Å². The minimum absolute atomic E-state index is 0.0208. The van der Waals surface area contributed by atoms with Crippen LogP contribution in [-0.4, -0.2) is 28.5 Å². The second-order valence-corrected chi connectivity index (χ2v) is 8.98. The first-order valence-corrected chi connectivity index (χ1v) is 10.1. The molecule has 1 aromatic carbocycles. The van der Waals surface area contributed by atoms with Gasteiger partial charge in [-0.15, -0.1) is 0 Å². The second-order valence-electron chi connectivity index (χ2n) is 8.57. The van der Waals surface area contributed by atoms with Gasteiger partial charge in [0.15, 0.2) is 5.66 Å². The van der Waals surface area contributed by atoms with E-state index < -0.39 is 5.66 Å². The number of benzene rings is 1. The van der Waals surface area contributed by atoms with Crippen LogP contribution in [0.5, 0.6) is 5.75 Å². The van der Waals surface area contributed by atoms with Crippen molar-refractivity contribution in [1.82, 2.24) is 5.32 Å². The van der Waals surface area contributed by atoms with Crippen molar-refractivity contribution in [3.8, 4) is 5.75 Å². The van der Waals surface area contributed by atoms with Crippen LogP contribution in [0.2, 0.25) is 0 Å². The summed E-state index contributed by atoms with van der Waals surface area (Å²) in [5.74, 6) is 1.39. The van der Waals surface area contributed by atoms with Crippen molar-refractivity contribution in [3.63, 3.8) is 0 Å². The number of aliphatic hydroxyl groups is 1. The molecule has 0 radical (unpaired) electrons. The molecule has 0 saturated heterocycles. The van der Waals surface area contributed by atoms with E-state index in [9.17, 15) is 5.11 Å². The van der Waals surface area contributed by atoms with E-state index in [4.69, 9.17) is 21.9 Å². The fraction of sp³-hybridized carbons (Fsp3) is 0.619. The van der Waals surface area contributed by atoms with Crippen molar-refractivity contribution >= 4 is 22.9 Å². The van der Waals surface area contributed by atoms with E-state index in [1.54, 1.807) is 0 Å². The Morgan fingerprint density at radius 1 is 1.35 bits per heavy atom. The van der Waals surface area contributed by atoms with Crippen LogP contribution in [0, 0.1) is 11.3 Å². The van der Waals surface area contributed by atoms with Crippen LogP contribution >= 0.6 is 12.2 Å². The highest BCUT2D eigenvalue weighted by Gasteiger charge is 2.61. The number of nitrogens with zero attached hydrogens (tertiary/aromatic N) is 1. The minimum atomic E-state index is -0.499. The molecule has 2 spiro atoms. The maximum atomic E-state index is 10.1. The monoisotopic (exact) mass is 372 g/mol. The molecule has 3 aliphatic rings. The molecular formula is C21H28N2O2S. The number of aliphatic imine (C=N–C) groups is 1. The average Bonchev–Trinajstić information content (AvgIpc) is 3.04. The molecule has 0 bridgehead atoms. The highest BCUT2D eigenvalue weighted by molar-refractivity contribution is 7.82. The molecule has 1 saturated carbocycles. The lowest BCUT2D eigenvalue weighted by Crippen LogP contribution is -2.52. The Bertz CT molecular complexity index is 765. The van der Waals surface area contributed by atoms with Crippen molar-refractivity contribution in [2.75, 3.05) is 6.61 Å². The minimum Gasteiger partial charge on any atom is -0.493 e. The molecule has 1 unspecified atom stereocenters. The molecule has 2 N–H and O–H groups in total. The Morgan fingerprint density at radius 3 is 2.69 bits per heavy atom. The third-order valence-corrected chi connectivity index (χ3v) is 6.62. The molecule has 1 aliphatic heterocycles. The highest BCUT2D eigenvalue weighted by Crippen LogP contribution is 2.59. The van der Waals surface area contributed by atoms with E-state index in [0.29, 0.717) is 12.5 Å². The summed E-state index contributed by atoms with van der Waals surface area (Å²) in [6, 6.07) is 6.44. The number of rotatable bonds is 3. The fourth-order valence-electron chi connectivity index (χ4n) is 4.83. The van der Waals surface area contributed by atoms with Gasteiger partial charge < -0.3 is 15.2 Å². The van der Waals surface area contributed by atoms with Crippen LogP contribution in [0.4, 0.5) is 0 Å². The smallest absolute Gasteiger partial charge is 0.163 e. The van der Waals surface area contributed by atoms with Crippen LogP contribution < -0.4 is 10.1 Å². The lowest BCUT2D eigenvalue weighted by atomic mass is 9.65. The van der Waals surface area contributed by atoms with Gasteiger partial charge in [-0.05, 0) is 62.6 Å². The fourth-order valence-corrected chi connectivity index (χ4v) is 5.03. The van der Waals surface area contributed by atoms with E-state index >= 15 is 0 Å². The Kier molecular flexibility index (Phi) is 4.35. The third-order valence-electron chi connectivity index (χ3n) is 6.22. The average molecular weight is 373 g/mol. The molecular weight excluding hydrogens is 344 g/mol. The summed E-state index contributed by atoms with van der Waals surface area (Å²) in [6.07, 6.45) is 4.36. The molecule has 140 valence electrons. The number of hydrogen-bond donors (Lipinski definition) is 2. The lowest BCUT2D eigenvalue weighted by molar-refractivity contribution is 0.0153. The van der Waals surface area contributed by atoms with Crippen molar-refractivity contribution in [2.24, 2.45) is 16.3 Å². The number of ether oxygens (including phenoxy) is 1. The van der Waals surface area contributed by atoms with Crippen LogP contribution in [0.15, 0.2) is 23.2 Å². The second kappa shape index (κ2) is 6.31. The van der Waals surface area contributed by atoms with Gasteiger partial charge in [0, 0.05) is 11.0 Å². The number of hydrogen-bond acceptors (Lipinski definition) is 4. The van der Waals surface area contributed by atoms with Gasteiger partial charge in [-0.3, -0.25) is 4.99 Å². The molecule has 2 aliphatic carbocycles. The van der Waals surface area contributed by atoms with Crippen molar-refractivity contribution < 1.29 is 9.84 Å². The maximum Gasteiger partial charge on any atom is 0.163 e. The Hall–Kier alpha value is -1.46. The normalized spacial score (nSPS) is 32.9. The van der Waals surface area contributed by atoms with Gasteiger partial charge in [0.2, 0.25) is 0 Å². The molecule has 0 aromatic heterocycles. The van der Waals surface area contributed by atoms with Crippen molar-refractivity contribution in [2.45, 2.75) is 64.6 Å². The summed E-state index contributed by atoms with van der Waals surface area (Å²) < 4.78 is 5.99. The molecule has 0 amide bonds. The number of nitrogens with one attached hydrogen (secondary N) is 1. The molecule has 1 fully saturated rings. The first-order chi connectivity index (χ1) is 12.4. The van der Waals surface area contributed by atoms with Crippen LogP contribution in [0.25, 0.3) is 0 Å². The van der Waals surface area contributed by atoms with Gasteiger partial charge in [-0.1, -0.05) is 32.1 Å². The number of aliphatic hydroxyl groups excluding tert-OH is 1. The van der Waals surface area contributed by atoms with Gasteiger partial charge in [-0.2, -0.15) is 0 Å². The quantitative estimate of drug-likeness (QED) is 0.794. The Morgan fingerprint density at radius 2 is 2.08 bits per heavy atom. The Balaban J connectivity index is 1.77. The molecule has 26 heavy (non-hydrogen) atoms. The van der Waals surface area contributed by atoms with Crippen LogP contribution in [0.1, 0.15) is 57.6 Å². The molecule has 4 rings (SSSR count). The van der Waals surface area contributed by atoms with Gasteiger partial charge in [0.05, 0.1) is 18.4 Å². The van der Waals surface area contributed by atoms with Gasteiger partial charge >= 0.3 is 0 Å². The molecule has 1 aromatic rings. The molecule has 1 heterocycles. The predicted octanol–water partition coefficient (Wildman–Crippen LogP) is 3.74. The molecule has 4 nitrogen and oxygen atoms in total. The van der Waals surface area contributed by atoms with Crippen LogP contribution in [0.3, 0.4) is 0 Å². The van der Waals surface area contributed by atoms with Crippen molar-refractivity contribution in [1.29, 1.82) is 0 Å². The van der Waals surface area contributed by atoms with E-state index in [-0.39, 0.29) is 11.5 Å². The summed E-state index contributed by atoms with van der Waals surface area (Å²) >= 11 is 5.55. The summed E-state index contributed by atoms with van der Waals surface area (Å²) in [5.41, 5.74) is 2.92. The zero-order chi connectivity index (χ0) is 18.5. The first-order valence-electron chi connectivity index (χ1n) is 9.68. The largest absolute Gasteiger partial charge is 0.493 e. The summed E-state index contributed by atoms with van der Waals surface area (Å²) in [7, 11) is 0. The topological polar surface area (TPSA) is 53.9 Å². The standard InChI is InChI=1S/C21H28N2O2S/c1-13(2)12-25-17-5-4-15-11-20(8-6-16(24)7-9-20)21(18(15)10-17)22-14(3)19(26)23-21/h4-5,10,13,16,24H,6-9,11-12H2,1-3H3,(H,23,26). The SMILES string of the molecule is CC1=NC2(NC1=S)c1cc(OCC(C)C)ccc1CC21CCC(O)CC1. The van der Waals surface area contributed by atoms with Gasteiger partial charge in [0.25, 0.3) is 0 Å². The highest BCUT2D eigenvalue weighted by atomic mass is 32.1. The summed E-state index contributed by atoms with van der Waals surface area (Å²) in [6.45, 7) is 7.01. The zero-order valence-corrected chi connectivity index (χ0v) is 16.7. The van der Waals surface area contributed by atoms with E-state index in [1.165, 1.54) is 11.1 Å². The van der Waals surface area contributed by atoms with Crippen LogP contribution in [-0.2, 0) is 12.1 Å². The zero-order valence-electron chi connectivity index (χ0n) is 15.8. The summed E-state index contributed by atoms with van der Waals surface area (Å²) in [4.78, 5) is 5.85. The molecule has 1 atom stereocenters. The number of fused-ring (bicyclic) bond motifs is 3. The van der Waals surface area contributed by atoms with E-state index in [0.717, 1.165) is 48.6 Å². The predicted molar refractivity (Wildman–Crippen MR) is 108 cm³/mol. The van der Waals surface area contributed by atoms with E-state index in [1.807, 2.05) is 6.92 Å². The van der Waals surface area contributed by atoms with Gasteiger partial charge in [-0.25, -0.2) is 0 Å². The number of thiocarbonyl (C=S) groups is 1. The summed E-state index contributed by atoms with van der Waals surface area (Å²) in [5, 5.41) is 13.7.